The first-order chi connectivity index (χ1) is 11.9. The molecule has 2 aliphatic rings. The molecule has 1 aromatic heterocycles. The number of nitrogens with zero attached hydrogens (tertiary/aromatic N) is 3. The second-order valence-electron chi connectivity index (χ2n) is 7.17. The largest absolute Gasteiger partial charge is 0.370 e. The summed E-state index contributed by atoms with van der Waals surface area (Å²) in [7, 11) is 0. The molecule has 6 nitrogen and oxygen atoms in total. The van der Waals surface area contributed by atoms with E-state index >= 15 is 0 Å². The first-order valence-corrected chi connectivity index (χ1v) is 9.77. The van der Waals surface area contributed by atoms with Crippen LogP contribution in [0.25, 0.3) is 0 Å². The molecule has 0 aromatic carbocycles. The lowest BCUT2D eigenvalue weighted by Crippen LogP contribution is -2.58. The summed E-state index contributed by atoms with van der Waals surface area (Å²) < 4.78 is -0.453. The quantitative estimate of drug-likeness (QED) is 0.862. The van der Waals surface area contributed by atoms with Crippen LogP contribution in [0.15, 0.2) is 18.3 Å². The van der Waals surface area contributed by atoms with Gasteiger partial charge in [0, 0.05) is 49.5 Å². The molecule has 1 aromatic rings. The first kappa shape index (κ1) is 18.0. The van der Waals surface area contributed by atoms with Crippen molar-refractivity contribution in [2.24, 2.45) is 0 Å². The van der Waals surface area contributed by atoms with Gasteiger partial charge in [-0.1, -0.05) is 0 Å². The number of anilines is 1. The third kappa shape index (κ3) is 4.08. The standard InChI is InChI=1S/C18H26N4O2S/c1-13-11-14(5-6-19-13)21-7-4-8-22(10-9-21)16(23)15-12-25-18(2,3)17(24)20-15/h5-6,11,15H,4,7-10,12H2,1-3H3,(H,20,24). The molecule has 1 unspecified atom stereocenters. The zero-order chi connectivity index (χ0) is 18.0. The molecule has 7 heteroatoms. The van der Waals surface area contributed by atoms with Crippen LogP contribution in [0.1, 0.15) is 26.0 Å². The van der Waals surface area contributed by atoms with Gasteiger partial charge in [-0.15, -0.1) is 11.8 Å². The molecule has 2 aliphatic heterocycles. The maximum atomic E-state index is 12.8. The van der Waals surface area contributed by atoms with E-state index < -0.39 is 10.8 Å². The normalized spacial score (nSPS) is 23.8. The van der Waals surface area contributed by atoms with Crippen LogP contribution in [0.2, 0.25) is 0 Å². The van der Waals surface area contributed by atoms with Gasteiger partial charge in [-0.3, -0.25) is 14.6 Å². The highest BCUT2D eigenvalue weighted by Gasteiger charge is 2.39. The predicted molar refractivity (Wildman–Crippen MR) is 101 cm³/mol. The van der Waals surface area contributed by atoms with E-state index in [0.717, 1.165) is 37.4 Å². The van der Waals surface area contributed by atoms with Gasteiger partial charge in [0.2, 0.25) is 11.8 Å². The van der Waals surface area contributed by atoms with Crippen molar-refractivity contribution in [2.75, 3.05) is 36.8 Å². The summed E-state index contributed by atoms with van der Waals surface area (Å²) in [5.74, 6) is 0.636. The van der Waals surface area contributed by atoms with Crippen LogP contribution in [-0.2, 0) is 9.59 Å². The van der Waals surface area contributed by atoms with Gasteiger partial charge in [-0.05, 0) is 39.3 Å². The average molecular weight is 362 g/mol. The minimum absolute atomic E-state index is 0.0455. The van der Waals surface area contributed by atoms with E-state index in [1.165, 1.54) is 0 Å². The Kier molecular flexibility index (Phi) is 5.22. The summed E-state index contributed by atoms with van der Waals surface area (Å²) in [5.41, 5.74) is 2.16. The summed E-state index contributed by atoms with van der Waals surface area (Å²) in [6.45, 7) is 8.92. The second kappa shape index (κ2) is 7.23. The van der Waals surface area contributed by atoms with E-state index in [-0.39, 0.29) is 11.8 Å². The fraction of sp³-hybridized carbons (Fsp3) is 0.611. The molecule has 0 aliphatic carbocycles. The Balaban J connectivity index is 1.61. The molecule has 1 atom stereocenters. The third-order valence-electron chi connectivity index (χ3n) is 4.81. The van der Waals surface area contributed by atoms with Crippen LogP contribution in [0, 0.1) is 6.92 Å². The van der Waals surface area contributed by atoms with E-state index in [2.05, 4.69) is 21.3 Å². The van der Waals surface area contributed by atoms with Crippen molar-refractivity contribution in [3.05, 3.63) is 24.0 Å². The lowest BCUT2D eigenvalue weighted by atomic mass is 10.1. The van der Waals surface area contributed by atoms with E-state index in [1.54, 1.807) is 11.8 Å². The van der Waals surface area contributed by atoms with Crippen LogP contribution in [0.5, 0.6) is 0 Å². The monoisotopic (exact) mass is 362 g/mol. The van der Waals surface area contributed by atoms with Crippen molar-refractivity contribution in [1.29, 1.82) is 0 Å². The molecule has 136 valence electrons. The molecule has 0 bridgehead atoms. The molecule has 0 radical (unpaired) electrons. The fourth-order valence-electron chi connectivity index (χ4n) is 3.21. The number of thioether (sulfide) groups is 1. The van der Waals surface area contributed by atoms with E-state index in [1.807, 2.05) is 37.9 Å². The molecule has 2 fully saturated rings. The minimum Gasteiger partial charge on any atom is -0.370 e. The smallest absolute Gasteiger partial charge is 0.246 e. The van der Waals surface area contributed by atoms with Crippen LogP contribution in [-0.4, -0.2) is 64.4 Å². The number of pyridine rings is 1. The van der Waals surface area contributed by atoms with Gasteiger partial charge in [0.05, 0.1) is 4.75 Å². The number of aryl methyl sites for hydroxylation is 1. The van der Waals surface area contributed by atoms with Gasteiger partial charge < -0.3 is 15.1 Å². The lowest BCUT2D eigenvalue weighted by Gasteiger charge is -2.35. The Hall–Kier alpha value is -1.76. The molecular formula is C18H26N4O2S. The van der Waals surface area contributed by atoms with Gasteiger partial charge in [0.25, 0.3) is 0 Å². The molecule has 2 amide bonds. The molecular weight excluding hydrogens is 336 g/mol. The van der Waals surface area contributed by atoms with Gasteiger partial charge >= 0.3 is 0 Å². The van der Waals surface area contributed by atoms with Gasteiger partial charge in [0.15, 0.2) is 0 Å². The molecule has 2 saturated heterocycles. The Labute approximate surface area is 153 Å². The van der Waals surface area contributed by atoms with Crippen molar-refractivity contribution in [2.45, 2.75) is 38.0 Å². The maximum absolute atomic E-state index is 12.8. The number of hydrogen-bond donors (Lipinski definition) is 1. The number of amides is 2. The summed E-state index contributed by atoms with van der Waals surface area (Å²) in [6.07, 6.45) is 2.75. The third-order valence-corrected chi connectivity index (χ3v) is 6.22. The number of carbonyl (C=O) groups is 2. The van der Waals surface area contributed by atoms with E-state index in [4.69, 9.17) is 0 Å². The number of aromatic nitrogens is 1. The fourth-order valence-corrected chi connectivity index (χ4v) is 4.21. The van der Waals surface area contributed by atoms with Crippen molar-refractivity contribution < 1.29 is 9.59 Å². The average Bonchev–Trinajstić information content (AvgIpc) is 2.83. The Morgan fingerprint density at radius 1 is 1.32 bits per heavy atom. The highest BCUT2D eigenvalue weighted by molar-refractivity contribution is 8.01. The van der Waals surface area contributed by atoms with Crippen molar-refractivity contribution >= 4 is 29.3 Å². The van der Waals surface area contributed by atoms with Crippen molar-refractivity contribution in [3.8, 4) is 0 Å². The molecule has 0 spiro atoms. The van der Waals surface area contributed by atoms with E-state index in [0.29, 0.717) is 12.3 Å². The summed E-state index contributed by atoms with van der Waals surface area (Å²) >= 11 is 1.56. The summed E-state index contributed by atoms with van der Waals surface area (Å²) in [6, 6.07) is 3.70. The topological polar surface area (TPSA) is 65.5 Å². The van der Waals surface area contributed by atoms with Crippen LogP contribution < -0.4 is 10.2 Å². The first-order valence-electron chi connectivity index (χ1n) is 8.78. The Morgan fingerprint density at radius 3 is 2.84 bits per heavy atom. The Bertz CT molecular complexity index is 664. The molecule has 3 heterocycles. The van der Waals surface area contributed by atoms with Crippen LogP contribution in [0.4, 0.5) is 5.69 Å². The molecule has 1 N–H and O–H groups in total. The Morgan fingerprint density at radius 2 is 2.12 bits per heavy atom. The number of hydrogen-bond acceptors (Lipinski definition) is 5. The maximum Gasteiger partial charge on any atom is 0.246 e. The zero-order valence-corrected chi connectivity index (χ0v) is 15.9. The van der Waals surface area contributed by atoms with Crippen molar-refractivity contribution in [3.63, 3.8) is 0 Å². The van der Waals surface area contributed by atoms with Crippen LogP contribution in [0.3, 0.4) is 0 Å². The van der Waals surface area contributed by atoms with Gasteiger partial charge in [0.1, 0.15) is 6.04 Å². The van der Waals surface area contributed by atoms with Crippen molar-refractivity contribution in [1.82, 2.24) is 15.2 Å². The summed E-state index contributed by atoms with van der Waals surface area (Å²) in [5, 5.41) is 2.90. The minimum atomic E-state index is -0.453. The van der Waals surface area contributed by atoms with E-state index in [9.17, 15) is 9.59 Å². The SMILES string of the molecule is Cc1cc(N2CCCN(C(=O)C3CSC(C)(C)C(=O)N3)CC2)ccn1. The van der Waals surface area contributed by atoms with Gasteiger partial charge in [-0.2, -0.15) is 0 Å². The predicted octanol–water partition coefficient (Wildman–Crippen LogP) is 1.44. The summed E-state index contributed by atoms with van der Waals surface area (Å²) in [4.78, 5) is 33.4. The molecule has 3 rings (SSSR count). The van der Waals surface area contributed by atoms with Crippen LogP contribution >= 0.6 is 11.8 Å². The zero-order valence-electron chi connectivity index (χ0n) is 15.1. The highest BCUT2D eigenvalue weighted by Crippen LogP contribution is 2.29. The number of rotatable bonds is 2. The lowest BCUT2D eigenvalue weighted by molar-refractivity contribution is -0.136. The molecule has 25 heavy (non-hydrogen) atoms. The van der Waals surface area contributed by atoms with Gasteiger partial charge in [-0.25, -0.2) is 0 Å². The second-order valence-corrected chi connectivity index (χ2v) is 8.81. The highest BCUT2D eigenvalue weighted by atomic mass is 32.2. The molecule has 0 saturated carbocycles. The number of nitrogens with one attached hydrogen (secondary N) is 1. The number of carbonyl (C=O) groups excluding carboxylic acids is 2.